The molecule has 2 aromatic carbocycles. The molecule has 1 amide bonds. The van der Waals surface area contributed by atoms with Crippen LogP contribution in [0, 0.1) is 0 Å². The van der Waals surface area contributed by atoms with Gasteiger partial charge in [-0.1, -0.05) is 42.5 Å². The van der Waals surface area contributed by atoms with Crippen LogP contribution in [0.15, 0.2) is 53.6 Å². The van der Waals surface area contributed by atoms with Gasteiger partial charge in [0.25, 0.3) is 5.91 Å². The Morgan fingerprint density at radius 1 is 1.00 bits per heavy atom. The molecule has 4 rings (SSSR count). The number of carbonyl (C=O) groups is 1. The van der Waals surface area contributed by atoms with Crippen molar-refractivity contribution >= 4 is 17.3 Å². The van der Waals surface area contributed by atoms with Crippen molar-refractivity contribution in [2.75, 3.05) is 18.0 Å². The maximum absolute atomic E-state index is 12.3. The second-order valence-electron chi connectivity index (χ2n) is 6.40. The summed E-state index contributed by atoms with van der Waals surface area (Å²) < 4.78 is 0. The zero-order chi connectivity index (χ0) is 16.4. The summed E-state index contributed by atoms with van der Waals surface area (Å²) in [6.45, 7) is 1.28. The van der Waals surface area contributed by atoms with E-state index in [1.807, 2.05) is 18.2 Å². The first-order chi connectivity index (χ1) is 11.8. The van der Waals surface area contributed by atoms with E-state index < -0.39 is 0 Å². The standard InChI is InChI=1S/C20H21N3O/c24-20(14-23-13-5-8-16-7-2-4-10-19(16)23)22-21-18-12-11-15-6-1-3-9-17(15)18/h1-4,6-7,9-10H,5,8,11-14H2,(H,22,24)/b21-18+. The Morgan fingerprint density at radius 2 is 1.79 bits per heavy atom. The summed E-state index contributed by atoms with van der Waals surface area (Å²) in [5, 5.41) is 4.38. The maximum atomic E-state index is 12.3. The number of rotatable bonds is 3. The van der Waals surface area contributed by atoms with Gasteiger partial charge < -0.3 is 4.90 Å². The average molecular weight is 319 g/mol. The summed E-state index contributed by atoms with van der Waals surface area (Å²) in [4.78, 5) is 14.5. The molecule has 1 N–H and O–H groups in total. The van der Waals surface area contributed by atoms with E-state index in [2.05, 4.69) is 45.8 Å². The van der Waals surface area contributed by atoms with E-state index in [-0.39, 0.29) is 5.91 Å². The first kappa shape index (κ1) is 14.9. The summed E-state index contributed by atoms with van der Waals surface area (Å²) in [5.41, 5.74) is 8.72. The number of aryl methyl sites for hydroxylation is 2. The third-order valence-corrected chi connectivity index (χ3v) is 4.82. The predicted molar refractivity (Wildman–Crippen MR) is 96.4 cm³/mol. The summed E-state index contributed by atoms with van der Waals surface area (Å²) in [5.74, 6) is -0.0522. The molecule has 2 aromatic rings. The molecule has 0 spiro atoms. The zero-order valence-corrected chi connectivity index (χ0v) is 13.7. The molecule has 0 bridgehead atoms. The molecule has 0 aromatic heterocycles. The number of nitrogens with one attached hydrogen (secondary N) is 1. The maximum Gasteiger partial charge on any atom is 0.259 e. The van der Waals surface area contributed by atoms with Gasteiger partial charge >= 0.3 is 0 Å². The quantitative estimate of drug-likeness (QED) is 0.884. The molecule has 0 radical (unpaired) electrons. The van der Waals surface area contributed by atoms with Crippen LogP contribution >= 0.6 is 0 Å². The molecular formula is C20H21N3O. The van der Waals surface area contributed by atoms with Gasteiger partial charge in [0.2, 0.25) is 0 Å². The van der Waals surface area contributed by atoms with Crippen LogP contribution in [0.3, 0.4) is 0 Å². The van der Waals surface area contributed by atoms with Crippen molar-refractivity contribution in [1.29, 1.82) is 0 Å². The minimum absolute atomic E-state index is 0.0522. The highest BCUT2D eigenvalue weighted by Gasteiger charge is 2.20. The fourth-order valence-electron chi connectivity index (χ4n) is 3.64. The molecule has 1 aliphatic heterocycles. The van der Waals surface area contributed by atoms with Gasteiger partial charge in [0.05, 0.1) is 12.3 Å². The fourth-order valence-corrected chi connectivity index (χ4v) is 3.64. The molecule has 4 nitrogen and oxygen atoms in total. The van der Waals surface area contributed by atoms with E-state index in [9.17, 15) is 4.79 Å². The van der Waals surface area contributed by atoms with Gasteiger partial charge in [0.15, 0.2) is 0 Å². The molecule has 1 heterocycles. The molecular weight excluding hydrogens is 298 g/mol. The summed E-state index contributed by atoms with van der Waals surface area (Å²) >= 11 is 0. The number of amides is 1. The van der Waals surface area contributed by atoms with Gasteiger partial charge in [0, 0.05) is 17.8 Å². The summed E-state index contributed by atoms with van der Waals surface area (Å²) in [7, 11) is 0. The lowest BCUT2D eigenvalue weighted by molar-refractivity contribution is -0.119. The molecule has 122 valence electrons. The Kier molecular flexibility index (Phi) is 4.03. The molecule has 0 unspecified atom stereocenters. The monoisotopic (exact) mass is 319 g/mol. The van der Waals surface area contributed by atoms with Gasteiger partial charge in [-0.3, -0.25) is 4.79 Å². The van der Waals surface area contributed by atoms with E-state index in [0.717, 1.165) is 37.9 Å². The first-order valence-electron chi connectivity index (χ1n) is 8.58. The smallest absolute Gasteiger partial charge is 0.259 e. The number of hydrazone groups is 1. The largest absolute Gasteiger partial charge is 0.362 e. The minimum atomic E-state index is -0.0522. The van der Waals surface area contributed by atoms with Gasteiger partial charge in [0.1, 0.15) is 0 Å². The normalized spacial score (nSPS) is 17.5. The van der Waals surface area contributed by atoms with Gasteiger partial charge in [-0.05, 0) is 42.9 Å². The Hall–Kier alpha value is -2.62. The molecule has 0 saturated carbocycles. The van der Waals surface area contributed by atoms with Gasteiger partial charge in [-0.2, -0.15) is 5.10 Å². The lowest BCUT2D eigenvalue weighted by atomic mass is 10.0. The topological polar surface area (TPSA) is 44.7 Å². The van der Waals surface area contributed by atoms with Crippen molar-refractivity contribution in [3.8, 4) is 0 Å². The van der Waals surface area contributed by atoms with Crippen molar-refractivity contribution in [2.24, 2.45) is 5.10 Å². The molecule has 0 fully saturated rings. The van der Waals surface area contributed by atoms with E-state index in [1.165, 1.54) is 22.4 Å². The Labute approximate surface area is 142 Å². The van der Waals surface area contributed by atoms with E-state index in [4.69, 9.17) is 0 Å². The number of fused-ring (bicyclic) bond motifs is 2. The van der Waals surface area contributed by atoms with E-state index in [0.29, 0.717) is 6.54 Å². The number of nitrogens with zero attached hydrogens (tertiary/aromatic N) is 2. The number of hydrogen-bond acceptors (Lipinski definition) is 3. The highest BCUT2D eigenvalue weighted by molar-refractivity contribution is 6.04. The predicted octanol–water partition coefficient (Wildman–Crippen LogP) is 2.91. The average Bonchev–Trinajstić information content (AvgIpc) is 3.04. The van der Waals surface area contributed by atoms with Crippen LogP contribution in [-0.2, 0) is 17.6 Å². The molecule has 2 aliphatic rings. The van der Waals surface area contributed by atoms with Crippen molar-refractivity contribution < 1.29 is 4.79 Å². The molecule has 24 heavy (non-hydrogen) atoms. The third-order valence-electron chi connectivity index (χ3n) is 4.82. The van der Waals surface area contributed by atoms with E-state index in [1.54, 1.807) is 0 Å². The number of benzene rings is 2. The van der Waals surface area contributed by atoms with Crippen LogP contribution in [0.25, 0.3) is 0 Å². The lowest BCUT2D eigenvalue weighted by Crippen LogP contribution is -2.38. The van der Waals surface area contributed by atoms with Crippen molar-refractivity contribution in [2.45, 2.75) is 25.7 Å². The molecule has 4 heteroatoms. The highest BCUT2D eigenvalue weighted by atomic mass is 16.2. The van der Waals surface area contributed by atoms with Crippen LogP contribution in [0.2, 0.25) is 0 Å². The SMILES string of the molecule is O=C(CN1CCCc2ccccc21)N/N=C1\CCc2ccccc21. The van der Waals surface area contributed by atoms with Crippen molar-refractivity contribution in [3.05, 3.63) is 65.2 Å². The van der Waals surface area contributed by atoms with Gasteiger partial charge in [-0.25, -0.2) is 5.43 Å². The molecule has 0 saturated heterocycles. The Morgan fingerprint density at radius 3 is 2.71 bits per heavy atom. The number of anilines is 1. The molecule has 1 aliphatic carbocycles. The van der Waals surface area contributed by atoms with Crippen molar-refractivity contribution in [1.82, 2.24) is 5.43 Å². The summed E-state index contributed by atoms with van der Waals surface area (Å²) in [6, 6.07) is 16.6. The Balaban J connectivity index is 1.43. The number of carbonyl (C=O) groups excluding carboxylic acids is 1. The van der Waals surface area contributed by atoms with Crippen LogP contribution in [0.5, 0.6) is 0 Å². The van der Waals surface area contributed by atoms with Crippen molar-refractivity contribution in [3.63, 3.8) is 0 Å². The second kappa shape index (κ2) is 6.48. The lowest BCUT2D eigenvalue weighted by Gasteiger charge is -2.30. The minimum Gasteiger partial charge on any atom is -0.362 e. The first-order valence-corrected chi connectivity index (χ1v) is 8.58. The zero-order valence-electron chi connectivity index (χ0n) is 13.7. The van der Waals surface area contributed by atoms with Crippen LogP contribution < -0.4 is 10.3 Å². The summed E-state index contributed by atoms with van der Waals surface area (Å²) in [6.07, 6.45) is 4.08. The number of hydrogen-bond donors (Lipinski definition) is 1. The molecule has 0 atom stereocenters. The van der Waals surface area contributed by atoms with Crippen LogP contribution in [0.1, 0.15) is 29.5 Å². The fraction of sp³-hybridized carbons (Fsp3) is 0.300. The van der Waals surface area contributed by atoms with Crippen LogP contribution in [0.4, 0.5) is 5.69 Å². The van der Waals surface area contributed by atoms with Crippen LogP contribution in [-0.4, -0.2) is 24.7 Å². The second-order valence-corrected chi connectivity index (χ2v) is 6.40. The van der Waals surface area contributed by atoms with E-state index >= 15 is 0 Å². The third kappa shape index (κ3) is 2.92. The Bertz CT molecular complexity index is 797. The van der Waals surface area contributed by atoms with Gasteiger partial charge in [-0.15, -0.1) is 0 Å². The highest BCUT2D eigenvalue weighted by Crippen LogP contribution is 2.26. The number of para-hydroxylation sites is 1.